The van der Waals surface area contributed by atoms with Crippen LogP contribution in [-0.2, 0) is 5.33 Å². The summed E-state index contributed by atoms with van der Waals surface area (Å²) in [4.78, 5) is 4.44. The second kappa shape index (κ2) is 3.46. The molecule has 2 aromatic rings. The summed E-state index contributed by atoms with van der Waals surface area (Å²) in [6, 6.07) is 10.5. The van der Waals surface area contributed by atoms with E-state index < -0.39 is 0 Å². The molecule has 0 radical (unpaired) electrons. The van der Waals surface area contributed by atoms with E-state index in [2.05, 4.69) is 45.2 Å². The maximum atomic E-state index is 4.44. The maximum absolute atomic E-state index is 4.44. The Balaban J connectivity index is 2.66. The summed E-state index contributed by atoms with van der Waals surface area (Å²) in [5.41, 5.74) is 3.43. The molecule has 1 nitrogen and oxygen atoms in total. The van der Waals surface area contributed by atoms with Crippen LogP contribution in [0.5, 0.6) is 0 Å². The van der Waals surface area contributed by atoms with Crippen molar-refractivity contribution in [3.05, 3.63) is 41.6 Å². The van der Waals surface area contributed by atoms with E-state index in [1.54, 1.807) is 0 Å². The number of aryl methyl sites for hydroxylation is 1. The molecular formula is C11H10BrN. The predicted molar refractivity (Wildman–Crippen MR) is 59.1 cm³/mol. The topological polar surface area (TPSA) is 12.9 Å². The molecule has 0 aliphatic carbocycles. The number of alkyl halides is 1. The lowest BCUT2D eigenvalue weighted by Gasteiger charge is -2.00. The van der Waals surface area contributed by atoms with Gasteiger partial charge in [-0.25, -0.2) is 0 Å². The standard InChI is InChI=1S/C11H10BrN/c1-8-2-4-10-6-9(7-12)3-5-11(10)13-8/h2-6H,7H2,1H3. The summed E-state index contributed by atoms with van der Waals surface area (Å²) in [6.07, 6.45) is 0. The SMILES string of the molecule is Cc1ccc2cc(CBr)ccc2n1. The molecule has 0 N–H and O–H groups in total. The van der Waals surface area contributed by atoms with Gasteiger partial charge in [-0.15, -0.1) is 0 Å². The van der Waals surface area contributed by atoms with E-state index in [1.807, 2.05) is 13.0 Å². The minimum atomic E-state index is 0.900. The van der Waals surface area contributed by atoms with Crippen molar-refractivity contribution in [1.82, 2.24) is 4.98 Å². The van der Waals surface area contributed by atoms with Crippen LogP contribution in [0.4, 0.5) is 0 Å². The molecule has 13 heavy (non-hydrogen) atoms. The zero-order chi connectivity index (χ0) is 9.26. The van der Waals surface area contributed by atoms with Gasteiger partial charge in [-0.1, -0.05) is 28.1 Å². The monoisotopic (exact) mass is 235 g/mol. The van der Waals surface area contributed by atoms with Gasteiger partial charge in [0.05, 0.1) is 5.52 Å². The number of hydrogen-bond acceptors (Lipinski definition) is 1. The summed E-state index contributed by atoms with van der Waals surface area (Å²) >= 11 is 3.44. The minimum Gasteiger partial charge on any atom is -0.253 e. The number of benzene rings is 1. The zero-order valence-electron chi connectivity index (χ0n) is 7.42. The van der Waals surface area contributed by atoms with Crippen molar-refractivity contribution in [2.24, 2.45) is 0 Å². The van der Waals surface area contributed by atoms with Gasteiger partial charge in [-0.05, 0) is 30.7 Å². The van der Waals surface area contributed by atoms with E-state index in [0.717, 1.165) is 16.5 Å². The third-order valence-corrected chi connectivity index (χ3v) is 2.69. The second-order valence-electron chi connectivity index (χ2n) is 3.11. The van der Waals surface area contributed by atoms with Crippen molar-refractivity contribution in [1.29, 1.82) is 0 Å². The van der Waals surface area contributed by atoms with E-state index in [1.165, 1.54) is 10.9 Å². The molecule has 2 rings (SSSR count). The van der Waals surface area contributed by atoms with Gasteiger partial charge < -0.3 is 0 Å². The van der Waals surface area contributed by atoms with Crippen LogP contribution in [0.3, 0.4) is 0 Å². The number of halogens is 1. The van der Waals surface area contributed by atoms with Gasteiger partial charge >= 0.3 is 0 Å². The lowest BCUT2D eigenvalue weighted by Crippen LogP contribution is -1.84. The van der Waals surface area contributed by atoms with Crippen LogP contribution >= 0.6 is 15.9 Å². The molecule has 0 amide bonds. The summed E-state index contributed by atoms with van der Waals surface area (Å²) in [5, 5.41) is 2.11. The van der Waals surface area contributed by atoms with E-state index in [-0.39, 0.29) is 0 Å². The predicted octanol–water partition coefficient (Wildman–Crippen LogP) is 3.44. The Morgan fingerprint density at radius 2 is 2.08 bits per heavy atom. The van der Waals surface area contributed by atoms with E-state index in [9.17, 15) is 0 Å². The smallest absolute Gasteiger partial charge is 0.0705 e. The van der Waals surface area contributed by atoms with Gasteiger partial charge in [-0.3, -0.25) is 4.98 Å². The van der Waals surface area contributed by atoms with Crippen molar-refractivity contribution < 1.29 is 0 Å². The van der Waals surface area contributed by atoms with Crippen LogP contribution in [0.1, 0.15) is 11.3 Å². The highest BCUT2D eigenvalue weighted by atomic mass is 79.9. The molecule has 0 unspecified atom stereocenters. The molecular weight excluding hydrogens is 226 g/mol. The molecule has 0 saturated heterocycles. The average molecular weight is 236 g/mol. The normalized spacial score (nSPS) is 10.6. The lowest BCUT2D eigenvalue weighted by atomic mass is 10.1. The first-order chi connectivity index (χ1) is 6.29. The van der Waals surface area contributed by atoms with Gasteiger partial charge in [-0.2, -0.15) is 0 Å². The van der Waals surface area contributed by atoms with Crippen molar-refractivity contribution in [2.75, 3.05) is 0 Å². The third kappa shape index (κ3) is 1.73. The Kier molecular flexibility index (Phi) is 2.32. The number of nitrogens with zero attached hydrogens (tertiary/aromatic N) is 1. The number of pyridine rings is 1. The van der Waals surface area contributed by atoms with E-state index in [4.69, 9.17) is 0 Å². The van der Waals surface area contributed by atoms with E-state index in [0.29, 0.717) is 0 Å². The highest BCUT2D eigenvalue weighted by Crippen LogP contribution is 2.16. The Morgan fingerprint density at radius 1 is 1.23 bits per heavy atom. The van der Waals surface area contributed by atoms with Crippen LogP contribution < -0.4 is 0 Å². The van der Waals surface area contributed by atoms with Gasteiger partial charge in [0.25, 0.3) is 0 Å². The average Bonchev–Trinajstić information content (AvgIpc) is 2.17. The Hall–Kier alpha value is -0.890. The molecule has 1 aromatic heterocycles. The van der Waals surface area contributed by atoms with Gasteiger partial charge in [0.2, 0.25) is 0 Å². The minimum absolute atomic E-state index is 0.900. The van der Waals surface area contributed by atoms with E-state index >= 15 is 0 Å². The highest BCUT2D eigenvalue weighted by Gasteiger charge is 1.96. The number of aromatic nitrogens is 1. The largest absolute Gasteiger partial charge is 0.253 e. The van der Waals surface area contributed by atoms with Crippen LogP contribution in [0.15, 0.2) is 30.3 Å². The molecule has 0 bridgehead atoms. The number of hydrogen-bond donors (Lipinski definition) is 0. The summed E-state index contributed by atoms with van der Waals surface area (Å²) in [5.74, 6) is 0. The molecule has 2 heteroatoms. The molecule has 0 aliphatic heterocycles. The zero-order valence-corrected chi connectivity index (χ0v) is 9.01. The number of fused-ring (bicyclic) bond motifs is 1. The first-order valence-electron chi connectivity index (χ1n) is 4.22. The van der Waals surface area contributed by atoms with Crippen LogP contribution in [-0.4, -0.2) is 4.98 Å². The molecule has 66 valence electrons. The van der Waals surface area contributed by atoms with Gasteiger partial charge in [0, 0.05) is 16.4 Å². The molecule has 0 spiro atoms. The second-order valence-corrected chi connectivity index (χ2v) is 3.67. The summed E-state index contributed by atoms with van der Waals surface area (Å²) < 4.78 is 0. The van der Waals surface area contributed by atoms with Crippen molar-refractivity contribution >= 4 is 26.8 Å². The van der Waals surface area contributed by atoms with Crippen molar-refractivity contribution in [2.45, 2.75) is 12.3 Å². The van der Waals surface area contributed by atoms with Crippen LogP contribution in [0.2, 0.25) is 0 Å². The first-order valence-corrected chi connectivity index (χ1v) is 5.34. The summed E-state index contributed by atoms with van der Waals surface area (Å²) in [7, 11) is 0. The fourth-order valence-corrected chi connectivity index (χ4v) is 1.71. The highest BCUT2D eigenvalue weighted by molar-refractivity contribution is 9.08. The van der Waals surface area contributed by atoms with Crippen LogP contribution in [0, 0.1) is 6.92 Å². The quantitative estimate of drug-likeness (QED) is 0.691. The molecule has 0 aliphatic rings. The van der Waals surface area contributed by atoms with Gasteiger partial charge in [0.15, 0.2) is 0 Å². The Morgan fingerprint density at radius 3 is 2.85 bits per heavy atom. The van der Waals surface area contributed by atoms with Crippen molar-refractivity contribution in [3.8, 4) is 0 Å². The Labute approximate surface area is 85.9 Å². The van der Waals surface area contributed by atoms with Crippen LogP contribution in [0.25, 0.3) is 10.9 Å². The third-order valence-electron chi connectivity index (χ3n) is 2.05. The lowest BCUT2D eigenvalue weighted by molar-refractivity contribution is 1.25. The number of rotatable bonds is 1. The molecule has 1 aromatic carbocycles. The maximum Gasteiger partial charge on any atom is 0.0705 e. The fourth-order valence-electron chi connectivity index (χ4n) is 1.36. The first kappa shape index (κ1) is 8.70. The molecule has 0 saturated carbocycles. The molecule has 1 heterocycles. The molecule has 0 fully saturated rings. The van der Waals surface area contributed by atoms with Crippen molar-refractivity contribution in [3.63, 3.8) is 0 Å². The molecule has 0 atom stereocenters. The van der Waals surface area contributed by atoms with Gasteiger partial charge in [0.1, 0.15) is 0 Å². The summed E-state index contributed by atoms with van der Waals surface area (Å²) in [6.45, 7) is 2.01. The Bertz CT molecular complexity index is 437. The fraction of sp³-hybridized carbons (Fsp3) is 0.182.